The maximum atomic E-state index is 11.7. The minimum absolute atomic E-state index is 0.0286. The summed E-state index contributed by atoms with van der Waals surface area (Å²) in [4.78, 5) is 22.7. The van der Waals surface area contributed by atoms with Crippen molar-refractivity contribution in [2.24, 2.45) is 17.3 Å². The van der Waals surface area contributed by atoms with Crippen LogP contribution in [0.3, 0.4) is 0 Å². The van der Waals surface area contributed by atoms with Crippen LogP contribution in [-0.2, 0) is 9.59 Å². The summed E-state index contributed by atoms with van der Waals surface area (Å²) >= 11 is 0. The third-order valence-electron chi connectivity index (χ3n) is 4.47. The zero-order chi connectivity index (χ0) is 13.5. The van der Waals surface area contributed by atoms with Gasteiger partial charge in [-0.3, -0.25) is 4.79 Å². The summed E-state index contributed by atoms with van der Waals surface area (Å²) in [7, 11) is 0. The molecule has 2 aliphatic rings. The van der Waals surface area contributed by atoms with Gasteiger partial charge in [0.25, 0.3) is 0 Å². The van der Waals surface area contributed by atoms with Crippen molar-refractivity contribution in [3.8, 4) is 0 Å². The lowest BCUT2D eigenvalue weighted by Crippen LogP contribution is -2.39. The second-order valence-corrected chi connectivity index (χ2v) is 5.58. The number of carboxylic acids is 1. The maximum absolute atomic E-state index is 11.7. The first kappa shape index (κ1) is 12.8. The third kappa shape index (κ3) is 1.94. The van der Waals surface area contributed by atoms with E-state index in [1.165, 1.54) is 0 Å². The standard InChI is InChI=1S/C15H18O3/c1-9(14(17)18)11-4-6-15(3)7-5-13(16)10(2)12(15)8-11/h5,7,11-12H,1-2,4,6,8H2,3H3,(H,17,18)/t11-,12?,15+/m1/s1. The number of hydrogen-bond acceptors (Lipinski definition) is 2. The average Bonchev–Trinajstić information content (AvgIpc) is 2.33. The Morgan fingerprint density at radius 1 is 1.56 bits per heavy atom. The lowest BCUT2D eigenvalue weighted by Gasteiger charge is -2.45. The van der Waals surface area contributed by atoms with E-state index in [9.17, 15) is 9.59 Å². The van der Waals surface area contributed by atoms with E-state index in [1.54, 1.807) is 6.08 Å². The Kier molecular flexibility index (Phi) is 3.01. The van der Waals surface area contributed by atoms with Crippen molar-refractivity contribution >= 4 is 11.8 Å². The predicted molar refractivity (Wildman–Crippen MR) is 69.0 cm³/mol. The fourth-order valence-corrected chi connectivity index (χ4v) is 3.11. The number of hydrogen-bond donors (Lipinski definition) is 1. The molecule has 1 saturated carbocycles. The molecule has 3 heteroatoms. The number of rotatable bonds is 2. The minimum atomic E-state index is -0.938. The van der Waals surface area contributed by atoms with Gasteiger partial charge in [-0.1, -0.05) is 26.2 Å². The zero-order valence-electron chi connectivity index (χ0n) is 10.6. The molecule has 1 N–H and O–H groups in total. The van der Waals surface area contributed by atoms with E-state index in [1.807, 2.05) is 6.08 Å². The normalized spacial score (nSPS) is 35.2. The Morgan fingerprint density at radius 3 is 2.83 bits per heavy atom. The van der Waals surface area contributed by atoms with Gasteiger partial charge in [0, 0.05) is 5.57 Å². The van der Waals surface area contributed by atoms with Gasteiger partial charge < -0.3 is 5.11 Å². The number of allylic oxidation sites excluding steroid dienone is 3. The van der Waals surface area contributed by atoms with Crippen LogP contribution in [-0.4, -0.2) is 16.9 Å². The molecule has 96 valence electrons. The summed E-state index contributed by atoms with van der Waals surface area (Å²) in [6.07, 6.45) is 5.91. The molecule has 0 aromatic carbocycles. The van der Waals surface area contributed by atoms with Crippen molar-refractivity contribution in [1.29, 1.82) is 0 Å². The molecular weight excluding hydrogens is 228 g/mol. The van der Waals surface area contributed by atoms with E-state index in [0.29, 0.717) is 12.0 Å². The molecule has 18 heavy (non-hydrogen) atoms. The van der Waals surface area contributed by atoms with Crippen LogP contribution in [0.2, 0.25) is 0 Å². The minimum Gasteiger partial charge on any atom is -0.478 e. The highest BCUT2D eigenvalue weighted by atomic mass is 16.4. The van der Waals surface area contributed by atoms with E-state index in [4.69, 9.17) is 5.11 Å². The summed E-state index contributed by atoms with van der Waals surface area (Å²) in [6.45, 7) is 9.65. The van der Waals surface area contributed by atoms with Gasteiger partial charge in [0.2, 0.25) is 0 Å². The van der Waals surface area contributed by atoms with E-state index in [-0.39, 0.29) is 28.6 Å². The van der Waals surface area contributed by atoms with Crippen molar-refractivity contribution < 1.29 is 14.7 Å². The van der Waals surface area contributed by atoms with E-state index < -0.39 is 5.97 Å². The number of aliphatic carboxylic acids is 1. The molecule has 0 heterocycles. The Bertz CT molecular complexity index is 472. The first-order chi connectivity index (χ1) is 8.35. The topological polar surface area (TPSA) is 54.4 Å². The molecular formula is C15H18O3. The quantitative estimate of drug-likeness (QED) is 0.762. The number of carbonyl (C=O) groups is 2. The fraction of sp³-hybridized carbons (Fsp3) is 0.467. The van der Waals surface area contributed by atoms with Crippen molar-refractivity contribution in [1.82, 2.24) is 0 Å². The van der Waals surface area contributed by atoms with Crippen LogP contribution >= 0.6 is 0 Å². The second kappa shape index (κ2) is 4.23. The number of carboxylic acid groups (broad SMARTS) is 1. The molecule has 0 saturated heterocycles. The molecule has 0 spiro atoms. The van der Waals surface area contributed by atoms with Crippen LogP contribution in [0.1, 0.15) is 26.2 Å². The summed E-state index contributed by atoms with van der Waals surface area (Å²) in [6, 6.07) is 0. The van der Waals surface area contributed by atoms with E-state index in [0.717, 1.165) is 12.8 Å². The molecule has 0 aromatic heterocycles. The van der Waals surface area contributed by atoms with Gasteiger partial charge in [0.1, 0.15) is 0 Å². The number of carbonyl (C=O) groups excluding carboxylic acids is 1. The smallest absolute Gasteiger partial charge is 0.331 e. The van der Waals surface area contributed by atoms with E-state index >= 15 is 0 Å². The summed E-state index contributed by atoms with van der Waals surface area (Å²) in [5, 5.41) is 9.01. The first-order valence-electron chi connectivity index (χ1n) is 6.19. The Balaban J connectivity index is 2.25. The highest BCUT2D eigenvalue weighted by Crippen LogP contribution is 2.50. The van der Waals surface area contributed by atoms with Gasteiger partial charge in [-0.25, -0.2) is 4.79 Å². The molecule has 0 amide bonds. The molecule has 1 unspecified atom stereocenters. The van der Waals surface area contributed by atoms with Gasteiger partial charge in [0.15, 0.2) is 5.78 Å². The summed E-state index contributed by atoms with van der Waals surface area (Å²) in [5.41, 5.74) is 0.815. The fourth-order valence-electron chi connectivity index (χ4n) is 3.11. The Labute approximate surface area is 107 Å². The van der Waals surface area contributed by atoms with Crippen molar-refractivity contribution in [2.45, 2.75) is 26.2 Å². The summed E-state index contributed by atoms with van der Waals surface area (Å²) < 4.78 is 0. The molecule has 0 bridgehead atoms. The Hall–Kier alpha value is -1.64. The molecule has 2 aliphatic carbocycles. The second-order valence-electron chi connectivity index (χ2n) is 5.58. The van der Waals surface area contributed by atoms with Gasteiger partial charge in [-0.15, -0.1) is 0 Å². The van der Waals surface area contributed by atoms with Crippen LogP contribution < -0.4 is 0 Å². The number of fused-ring (bicyclic) bond motifs is 1. The lowest BCUT2D eigenvalue weighted by atomic mass is 9.58. The van der Waals surface area contributed by atoms with Crippen molar-refractivity contribution in [2.75, 3.05) is 0 Å². The molecule has 0 radical (unpaired) electrons. The predicted octanol–water partition coefficient (Wildman–Crippen LogP) is 2.74. The molecule has 0 aliphatic heterocycles. The maximum Gasteiger partial charge on any atom is 0.331 e. The molecule has 3 nitrogen and oxygen atoms in total. The zero-order valence-corrected chi connectivity index (χ0v) is 10.6. The molecule has 3 atom stereocenters. The average molecular weight is 246 g/mol. The molecule has 0 aromatic rings. The van der Waals surface area contributed by atoms with Crippen molar-refractivity contribution in [3.63, 3.8) is 0 Å². The third-order valence-corrected chi connectivity index (χ3v) is 4.47. The lowest BCUT2D eigenvalue weighted by molar-refractivity contribution is -0.133. The van der Waals surface area contributed by atoms with Crippen molar-refractivity contribution in [3.05, 3.63) is 36.5 Å². The van der Waals surface area contributed by atoms with Crippen LogP contribution in [0.5, 0.6) is 0 Å². The van der Waals surface area contributed by atoms with Gasteiger partial charge in [0.05, 0.1) is 0 Å². The SMILES string of the molecule is C=C1C(=O)C=C[C@]2(C)CC[C@@H](C(=C)C(=O)O)CC12. The highest BCUT2D eigenvalue weighted by Gasteiger charge is 2.44. The van der Waals surface area contributed by atoms with E-state index in [2.05, 4.69) is 20.1 Å². The van der Waals surface area contributed by atoms with Gasteiger partial charge in [-0.2, -0.15) is 0 Å². The van der Waals surface area contributed by atoms with Crippen LogP contribution in [0.4, 0.5) is 0 Å². The van der Waals surface area contributed by atoms with Gasteiger partial charge in [-0.05, 0) is 48.2 Å². The first-order valence-corrected chi connectivity index (χ1v) is 6.19. The summed E-state index contributed by atoms with van der Waals surface area (Å²) in [5.74, 6) is -0.965. The largest absolute Gasteiger partial charge is 0.478 e. The van der Waals surface area contributed by atoms with Crippen LogP contribution in [0, 0.1) is 17.3 Å². The monoisotopic (exact) mass is 246 g/mol. The molecule has 2 rings (SSSR count). The highest BCUT2D eigenvalue weighted by molar-refractivity contribution is 6.05. The van der Waals surface area contributed by atoms with Crippen LogP contribution in [0.15, 0.2) is 36.5 Å². The number of ketones is 1. The van der Waals surface area contributed by atoms with Gasteiger partial charge >= 0.3 is 5.97 Å². The Morgan fingerprint density at radius 2 is 2.22 bits per heavy atom. The van der Waals surface area contributed by atoms with Crippen LogP contribution in [0.25, 0.3) is 0 Å². The molecule has 1 fully saturated rings.